The number of para-hydroxylation sites is 1. The molecule has 29 heavy (non-hydrogen) atoms. The van der Waals surface area contributed by atoms with Crippen molar-refractivity contribution in [2.75, 3.05) is 18.5 Å². The number of sulfonamides is 1. The Morgan fingerprint density at radius 3 is 2.48 bits per heavy atom. The van der Waals surface area contributed by atoms with Crippen molar-refractivity contribution in [1.82, 2.24) is 14.7 Å². The Balaban J connectivity index is 1.43. The number of hydrogen-bond donors (Lipinski definition) is 2. The van der Waals surface area contributed by atoms with Gasteiger partial charge in [-0.2, -0.15) is 4.31 Å². The third-order valence-corrected chi connectivity index (χ3v) is 7.88. The Morgan fingerprint density at radius 2 is 1.79 bits per heavy atom. The molecule has 0 unspecified atom stereocenters. The first-order valence-electron chi connectivity index (χ1n) is 9.17. The number of carbonyl (C=O) groups is 1. The molecule has 2 aromatic carbocycles. The summed E-state index contributed by atoms with van der Waals surface area (Å²) >= 11 is 7.48. The minimum absolute atomic E-state index is 0.199. The fourth-order valence-electron chi connectivity index (χ4n) is 3.18. The van der Waals surface area contributed by atoms with Gasteiger partial charge in [0.05, 0.1) is 14.6 Å². The molecular weight excluding hydrogens is 432 g/mol. The van der Waals surface area contributed by atoms with Gasteiger partial charge in [0.2, 0.25) is 15.2 Å². The van der Waals surface area contributed by atoms with Gasteiger partial charge < -0.3 is 0 Å². The average molecular weight is 451 g/mol. The number of nitrogens with one attached hydrogen (secondary N) is 2. The van der Waals surface area contributed by atoms with Crippen molar-refractivity contribution in [2.45, 2.75) is 24.2 Å². The van der Waals surface area contributed by atoms with E-state index < -0.39 is 15.9 Å². The number of aromatic nitrogens is 1. The van der Waals surface area contributed by atoms with Gasteiger partial charge in [-0.1, -0.05) is 35.4 Å². The van der Waals surface area contributed by atoms with E-state index in [2.05, 4.69) is 15.8 Å². The number of rotatable bonds is 5. The summed E-state index contributed by atoms with van der Waals surface area (Å²) in [5.41, 5.74) is 6.36. The van der Waals surface area contributed by atoms with Crippen molar-refractivity contribution in [3.63, 3.8) is 0 Å². The van der Waals surface area contributed by atoms with Gasteiger partial charge in [-0.25, -0.2) is 13.4 Å². The van der Waals surface area contributed by atoms with Crippen molar-refractivity contribution in [3.05, 3.63) is 53.1 Å². The maximum Gasteiger partial charge on any atom is 0.269 e. The molecule has 10 heteroatoms. The molecule has 1 aliphatic rings. The smallest absolute Gasteiger partial charge is 0.269 e. The lowest BCUT2D eigenvalue weighted by molar-refractivity contribution is 0.0962. The van der Waals surface area contributed by atoms with Crippen LogP contribution < -0.4 is 10.9 Å². The number of benzene rings is 2. The molecule has 0 radical (unpaired) electrons. The van der Waals surface area contributed by atoms with Crippen molar-refractivity contribution < 1.29 is 13.2 Å². The number of piperidine rings is 1. The van der Waals surface area contributed by atoms with Gasteiger partial charge in [0.15, 0.2) is 0 Å². The molecule has 2 N–H and O–H groups in total. The van der Waals surface area contributed by atoms with Crippen molar-refractivity contribution in [1.29, 1.82) is 0 Å². The van der Waals surface area contributed by atoms with Gasteiger partial charge >= 0.3 is 0 Å². The zero-order valence-corrected chi connectivity index (χ0v) is 17.8. The molecule has 1 fully saturated rings. The number of thiazole rings is 1. The highest BCUT2D eigenvalue weighted by Crippen LogP contribution is 2.30. The van der Waals surface area contributed by atoms with E-state index in [4.69, 9.17) is 11.6 Å². The van der Waals surface area contributed by atoms with Crippen LogP contribution in [0.4, 0.5) is 5.13 Å². The summed E-state index contributed by atoms with van der Waals surface area (Å²) in [5, 5.41) is 1.05. The quantitative estimate of drug-likeness (QED) is 0.575. The third kappa shape index (κ3) is 4.23. The van der Waals surface area contributed by atoms with E-state index in [1.165, 1.54) is 39.9 Å². The van der Waals surface area contributed by atoms with Crippen LogP contribution in [0.1, 0.15) is 29.6 Å². The lowest BCUT2D eigenvalue weighted by Crippen LogP contribution is -2.35. The molecule has 0 aliphatic carbocycles. The van der Waals surface area contributed by atoms with E-state index >= 15 is 0 Å². The maximum atomic E-state index is 12.7. The summed E-state index contributed by atoms with van der Waals surface area (Å²) in [6.07, 6.45) is 2.81. The van der Waals surface area contributed by atoms with E-state index in [0.717, 1.165) is 24.0 Å². The molecule has 2 heterocycles. The Bertz CT molecular complexity index is 1140. The van der Waals surface area contributed by atoms with Crippen molar-refractivity contribution in [3.8, 4) is 0 Å². The van der Waals surface area contributed by atoms with E-state index in [1.54, 1.807) is 6.07 Å². The average Bonchev–Trinajstić information content (AvgIpc) is 3.17. The molecule has 0 saturated carbocycles. The molecule has 0 spiro atoms. The van der Waals surface area contributed by atoms with Gasteiger partial charge in [-0.3, -0.25) is 15.6 Å². The standard InChI is InChI=1S/C19H19ClN4O3S2/c20-15-5-4-6-16-17(15)21-19(28-16)23-22-18(25)13-7-9-14(10-8-13)29(26,27)24-11-2-1-3-12-24/h4-10H,1-3,11-12H2,(H,21,23)(H,22,25). The second-order valence-electron chi connectivity index (χ2n) is 6.67. The Hall–Kier alpha value is -2.20. The molecule has 1 amide bonds. The Kier molecular flexibility index (Phi) is 5.73. The maximum absolute atomic E-state index is 12.7. The number of carbonyl (C=O) groups excluding carboxylic acids is 1. The predicted octanol–water partition coefficient (Wildman–Crippen LogP) is 3.88. The van der Waals surface area contributed by atoms with Crippen molar-refractivity contribution >= 4 is 54.2 Å². The fourth-order valence-corrected chi connectivity index (χ4v) is 5.82. The summed E-state index contributed by atoms with van der Waals surface area (Å²) < 4.78 is 27.8. The van der Waals surface area contributed by atoms with Crippen LogP contribution in [0.5, 0.6) is 0 Å². The number of hydrogen-bond acceptors (Lipinski definition) is 6. The molecule has 0 bridgehead atoms. The number of hydrazine groups is 1. The number of fused-ring (bicyclic) bond motifs is 1. The summed E-state index contributed by atoms with van der Waals surface area (Å²) in [6.45, 7) is 1.08. The van der Waals surface area contributed by atoms with E-state index in [0.29, 0.717) is 34.3 Å². The largest absolute Gasteiger partial charge is 0.273 e. The topological polar surface area (TPSA) is 91.4 Å². The Morgan fingerprint density at radius 1 is 1.07 bits per heavy atom. The zero-order valence-electron chi connectivity index (χ0n) is 15.4. The first kappa shape index (κ1) is 20.1. The predicted molar refractivity (Wildman–Crippen MR) is 115 cm³/mol. The minimum atomic E-state index is -3.51. The molecule has 4 rings (SSSR count). The summed E-state index contributed by atoms with van der Waals surface area (Å²) in [7, 11) is -3.51. The van der Waals surface area contributed by atoms with E-state index in [9.17, 15) is 13.2 Å². The number of halogens is 1. The molecule has 152 valence electrons. The third-order valence-electron chi connectivity index (χ3n) is 4.72. The van der Waals surface area contributed by atoms with E-state index in [-0.39, 0.29) is 4.90 Å². The van der Waals surface area contributed by atoms with Crippen LogP contribution in [0.25, 0.3) is 10.2 Å². The van der Waals surface area contributed by atoms with Crippen LogP contribution >= 0.6 is 22.9 Å². The first-order valence-corrected chi connectivity index (χ1v) is 11.8. The SMILES string of the molecule is O=C(NNc1nc2c(Cl)cccc2s1)c1ccc(S(=O)(=O)N2CCCCC2)cc1. The normalized spacial score (nSPS) is 15.3. The van der Waals surface area contributed by atoms with Gasteiger partial charge in [-0.05, 0) is 49.2 Å². The molecular formula is C19H19ClN4O3S2. The summed E-state index contributed by atoms with van der Waals surface area (Å²) in [6, 6.07) is 11.4. The van der Waals surface area contributed by atoms with Gasteiger partial charge in [0.25, 0.3) is 5.91 Å². The molecule has 1 saturated heterocycles. The minimum Gasteiger partial charge on any atom is -0.273 e. The zero-order chi connectivity index (χ0) is 20.4. The molecule has 3 aromatic rings. The number of nitrogens with zero attached hydrogens (tertiary/aromatic N) is 2. The van der Waals surface area contributed by atoms with Gasteiger partial charge in [0, 0.05) is 18.7 Å². The number of amides is 1. The van der Waals surface area contributed by atoms with Crippen LogP contribution in [-0.2, 0) is 10.0 Å². The lowest BCUT2D eigenvalue weighted by Gasteiger charge is -2.25. The monoisotopic (exact) mass is 450 g/mol. The second kappa shape index (κ2) is 8.27. The number of anilines is 1. The highest BCUT2D eigenvalue weighted by atomic mass is 35.5. The van der Waals surface area contributed by atoms with E-state index in [1.807, 2.05) is 12.1 Å². The Labute approximate surface area is 177 Å². The van der Waals surface area contributed by atoms with Crippen LogP contribution in [0.15, 0.2) is 47.4 Å². The van der Waals surface area contributed by atoms with Crippen LogP contribution in [0.2, 0.25) is 5.02 Å². The van der Waals surface area contributed by atoms with Crippen LogP contribution in [-0.4, -0.2) is 36.7 Å². The van der Waals surface area contributed by atoms with Crippen molar-refractivity contribution in [2.24, 2.45) is 0 Å². The molecule has 1 aromatic heterocycles. The molecule has 0 atom stereocenters. The highest BCUT2D eigenvalue weighted by molar-refractivity contribution is 7.89. The fraction of sp³-hybridized carbons (Fsp3) is 0.263. The second-order valence-corrected chi connectivity index (χ2v) is 10.0. The molecule has 1 aliphatic heterocycles. The lowest BCUT2D eigenvalue weighted by atomic mass is 10.2. The highest BCUT2D eigenvalue weighted by Gasteiger charge is 2.25. The van der Waals surface area contributed by atoms with Crippen LogP contribution in [0.3, 0.4) is 0 Å². The van der Waals surface area contributed by atoms with Gasteiger partial charge in [-0.15, -0.1) is 0 Å². The van der Waals surface area contributed by atoms with Crippen LogP contribution in [0, 0.1) is 0 Å². The summed E-state index contributed by atoms with van der Waals surface area (Å²) in [5.74, 6) is -0.391. The molecule has 7 nitrogen and oxygen atoms in total. The first-order chi connectivity index (χ1) is 13.9. The summed E-state index contributed by atoms with van der Waals surface area (Å²) in [4.78, 5) is 16.9. The van der Waals surface area contributed by atoms with Gasteiger partial charge in [0.1, 0.15) is 5.52 Å².